The molecule has 124 valence electrons. The first-order valence-corrected chi connectivity index (χ1v) is 8.85. The molecule has 1 aliphatic rings. The minimum Gasteiger partial charge on any atom is -0.373 e. The predicted molar refractivity (Wildman–Crippen MR) is 91.4 cm³/mol. The van der Waals surface area contributed by atoms with Crippen LogP contribution in [0.3, 0.4) is 0 Å². The van der Waals surface area contributed by atoms with Gasteiger partial charge in [-0.05, 0) is 12.1 Å². The van der Waals surface area contributed by atoms with Crippen molar-refractivity contribution < 1.29 is 4.74 Å². The summed E-state index contributed by atoms with van der Waals surface area (Å²) in [5, 5.41) is 3.17. The summed E-state index contributed by atoms with van der Waals surface area (Å²) in [6.45, 7) is 3.89. The Hall–Kier alpha value is -2.09. The monoisotopic (exact) mass is 341 g/mol. The molecule has 0 bridgehead atoms. The maximum absolute atomic E-state index is 5.92. The molecule has 0 saturated heterocycles. The van der Waals surface area contributed by atoms with Crippen LogP contribution in [-0.4, -0.2) is 37.6 Å². The van der Waals surface area contributed by atoms with Crippen molar-refractivity contribution in [3.63, 3.8) is 0 Å². The number of nitrogens with zero attached hydrogens (tertiary/aromatic N) is 5. The Morgan fingerprint density at radius 3 is 3.08 bits per heavy atom. The topological polar surface area (TPSA) is 56.1 Å². The summed E-state index contributed by atoms with van der Waals surface area (Å²) in [6.07, 6.45) is 7.51. The van der Waals surface area contributed by atoms with Gasteiger partial charge in [-0.15, -0.1) is 11.3 Å². The highest BCUT2D eigenvalue weighted by molar-refractivity contribution is 7.09. The van der Waals surface area contributed by atoms with Gasteiger partial charge in [-0.1, -0.05) is 6.07 Å². The van der Waals surface area contributed by atoms with Crippen molar-refractivity contribution in [1.82, 2.24) is 24.4 Å². The molecule has 0 saturated carbocycles. The first-order valence-electron chi connectivity index (χ1n) is 7.97. The van der Waals surface area contributed by atoms with Crippen LogP contribution in [0.5, 0.6) is 0 Å². The van der Waals surface area contributed by atoms with Crippen molar-refractivity contribution in [2.75, 3.05) is 13.2 Å². The molecule has 1 atom stereocenters. The summed E-state index contributed by atoms with van der Waals surface area (Å²) in [6, 6.07) is 6.15. The number of thiazole rings is 1. The molecule has 0 N–H and O–H groups in total. The largest absolute Gasteiger partial charge is 0.373 e. The Morgan fingerprint density at radius 1 is 1.25 bits per heavy atom. The smallest absolute Gasteiger partial charge is 0.107 e. The fourth-order valence-electron chi connectivity index (χ4n) is 3.02. The third kappa shape index (κ3) is 3.53. The highest BCUT2D eigenvalue weighted by atomic mass is 32.1. The molecule has 3 aromatic rings. The zero-order valence-corrected chi connectivity index (χ0v) is 14.1. The standard InChI is InChI=1S/C17H19N5OS/c1-2-4-19-14(3-1)11-23-12-16-9-21(10-17-20-5-6-24-17)8-15-7-18-13-22(15)16/h1-7,13,16H,8-12H2/t16-/m1/s1. The molecule has 0 fully saturated rings. The van der Waals surface area contributed by atoms with Crippen LogP contribution in [0.15, 0.2) is 48.5 Å². The van der Waals surface area contributed by atoms with E-state index in [1.54, 1.807) is 17.5 Å². The Kier molecular flexibility index (Phi) is 4.64. The van der Waals surface area contributed by atoms with Crippen LogP contribution in [0, 0.1) is 0 Å². The lowest BCUT2D eigenvalue weighted by atomic mass is 10.2. The van der Waals surface area contributed by atoms with Gasteiger partial charge >= 0.3 is 0 Å². The van der Waals surface area contributed by atoms with Crippen LogP contribution in [0.25, 0.3) is 0 Å². The summed E-state index contributed by atoms with van der Waals surface area (Å²) in [7, 11) is 0. The minimum absolute atomic E-state index is 0.264. The number of aromatic nitrogens is 4. The van der Waals surface area contributed by atoms with E-state index in [1.807, 2.05) is 42.3 Å². The lowest BCUT2D eigenvalue weighted by molar-refractivity contribution is 0.0573. The van der Waals surface area contributed by atoms with E-state index >= 15 is 0 Å². The van der Waals surface area contributed by atoms with Crippen molar-refractivity contribution >= 4 is 11.3 Å². The molecule has 0 aromatic carbocycles. The van der Waals surface area contributed by atoms with Gasteiger partial charge in [-0.3, -0.25) is 9.88 Å². The van der Waals surface area contributed by atoms with Crippen LogP contribution in [0.4, 0.5) is 0 Å². The lowest BCUT2D eigenvalue weighted by Crippen LogP contribution is -2.38. The first kappa shape index (κ1) is 15.4. The van der Waals surface area contributed by atoms with Crippen molar-refractivity contribution in [3.05, 3.63) is 64.9 Å². The van der Waals surface area contributed by atoms with E-state index < -0.39 is 0 Å². The second kappa shape index (κ2) is 7.21. The fraction of sp³-hybridized carbons (Fsp3) is 0.353. The maximum Gasteiger partial charge on any atom is 0.107 e. The molecule has 3 aromatic heterocycles. The average Bonchev–Trinajstić information content (AvgIpc) is 3.27. The van der Waals surface area contributed by atoms with E-state index in [2.05, 4.69) is 24.4 Å². The van der Waals surface area contributed by atoms with Gasteiger partial charge in [0.1, 0.15) is 5.01 Å². The van der Waals surface area contributed by atoms with E-state index in [9.17, 15) is 0 Å². The van der Waals surface area contributed by atoms with Crippen molar-refractivity contribution in [1.29, 1.82) is 0 Å². The van der Waals surface area contributed by atoms with Crippen LogP contribution >= 0.6 is 11.3 Å². The Bertz CT molecular complexity index is 758. The third-order valence-corrected chi connectivity index (χ3v) is 4.89. The summed E-state index contributed by atoms with van der Waals surface area (Å²) in [4.78, 5) is 15.4. The van der Waals surface area contributed by atoms with Crippen molar-refractivity contribution in [2.24, 2.45) is 0 Å². The van der Waals surface area contributed by atoms with Gasteiger partial charge in [0.15, 0.2) is 0 Å². The van der Waals surface area contributed by atoms with Crippen molar-refractivity contribution in [3.8, 4) is 0 Å². The quantitative estimate of drug-likeness (QED) is 0.689. The summed E-state index contributed by atoms with van der Waals surface area (Å²) in [5.41, 5.74) is 2.18. The van der Waals surface area contributed by atoms with Gasteiger partial charge in [-0.2, -0.15) is 0 Å². The molecule has 0 aliphatic carbocycles. The molecule has 0 radical (unpaired) electrons. The number of hydrogen-bond donors (Lipinski definition) is 0. The van der Waals surface area contributed by atoms with Gasteiger partial charge in [-0.25, -0.2) is 9.97 Å². The second-order valence-electron chi connectivity index (χ2n) is 5.88. The molecule has 7 heteroatoms. The highest BCUT2D eigenvalue weighted by Gasteiger charge is 2.25. The fourth-order valence-corrected chi connectivity index (χ4v) is 3.68. The number of hydrogen-bond acceptors (Lipinski definition) is 6. The van der Waals surface area contributed by atoms with E-state index in [0.29, 0.717) is 13.2 Å². The maximum atomic E-state index is 5.92. The lowest BCUT2D eigenvalue weighted by Gasteiger charge is -2.33. The highest BCUT2D eigenvalue weighted by Crippen LogP contribution is 2.23. The zero-order valence-electron chi connectivity index (χ0n) is 13.3. The van der Waals surface area contributed by atoms with Gasteiger partial charge in [0, 0.05) is 37.1 Å². The van der Waals surface area contributed by atoms with E-state index in [-0.39, 0.29) is 6.04 Å². The van der Waals surface area contributed by atoms with E-state index in [1.165, 1.54) is 5.69 Å². The molecule has 0 amide bonds. The normalized spacial score (nSPS) is 17.8. The number of rotatable bonds is 6. The molecule has 0 unspecified atom stereocenters. The molecule has 4 rings (SSSR count). The van der Waals surface area contributed by atoms with Crippen LogP contribution in [-0.2, 0) is 24.4 Å². The molecule has 24 heavy (non-hydrogen) atoms. The molecular weight excluding hydrogens is 322 g/mol. The van der Waals surface area contributed by atoms with Gasteiger partial charge < -0.3 is 9.30 Å². The molecule has 6 nitrogen and oxygen atoms in total. The van der Waals surface area contributed by atoms with Crippen LogP contribution in [0.1, 0.15) is 22.4 Å². The average molecular weight is 341 g/mol. The Morgan fingerprint density at radius 2 is 2.25 bits per heavy atom. The molecule has 4 heterocycles. The van der Waals surface area contributed by atoms with Gasteiger partial charge in [0.05, 0.1) is 43.5 Å². The SMILES string of the molecule is c1ccc(COC[C@H]2CN(Cc3nccs3)Cc3cncn32)nc1. The Labute approximate surface area is 144 Å². The van der Waals surface area contributed by atoms with Crippen LogP contribution in [0.2, 0.25) is 0 Å². The molecule has 1 aliphatic heterocycles. The summed E-state index contributed by atoms with van der Waals surface area (Å²) < 4.78 is 8.15. The van der Waals surface area contributed by atoms with Crippen LogP contribution < -0.4 is 0 Å². The van der Waals surface area contributed by atoms with Gasteiger partial charge in [0.25, 0.3) is 0 Å². The molecule has 0 spiro atoms. The summed E-state index contributed by atoms with van der Waals surface area (Å²) >= 11 is 1.70. The first-order chi connectivity index (χ1) is 11.9. The zero-order chi connectivity index (χ0) is 16.2. The van der Waals surface area contributed by atoms with Gasteiger partial charge in [0.2, 0.25) is 0 Å². The third-order valence-electron chi connectivity index (χ3n) is 4.12. The van der Waals surface area contributed by atoms with E-state index in [0.717, 1.165) is 30.3 Å². The molecular formula is C17H19N5OS. The minimum atomic E-state index is 0.264. The van der Waals surface area contributed by atoms with E-state index in [4.69, 9.17) is 4.74 Å². The Balaban J connectivity index is 1.40. The van der Waals surface area contributed by atoms with Crippen molar-refractivity contribution in [2.45, 2.75) is 25.7 Å². The number of pyridine rings is 1. The number of imidazole rings is 1. The predicted octanol–water partition coefficient (Wildman–Crippen LogP) is 2.51. The second-order valence-corrected chi connectivity index (χ2v) is 6.86. The summed E-state index contributed by atoms with van der Waals surface area (Å²) in [5.74, 6) is 0. The number of ether oxygens (including phenoxy) is 1. The number of fused-ring (bicyclic) bond motifs is 1.